The summed E-state index contributed by atoms with van der Waals surface area (Å²) in [4.78, 5) is 0. The molecule has 0 aromatic rings. The van der Waals surface area contributed by atoms with E-state index < -0.39 is 0 Å². The highest BCUT2D eigenvalue weighted by atomic mass is 16.3. The summed E-state index contributed by atoms with van der Waals surface area (Å²) >= 11 is 0. The summed E-state index contributed by atoms with van der Waals surface area (Å²) in [6.07, 6.45) is 27.0. The molecule has 0 saturated heterocycles. The van der Waals surface area contributed by atoms with Crippen LogP contribution >= 0.6 is 0 Å². The van der Waals surface area contributed by atoms with Crippen LogP contribution in [0.5, 0.6) is 0 Å². The van der Waals surface area contributed by atoms with Crippen molar-refractivity contribution in [2.45, 2.75) is 136 Å². The van der Waals surface area contributed by atoms with Crippen LogP contribution in [0.1, 0.15) is 136 Å². The SMILES string of the molecule is CCCCCCCCCCCCCCCCCCCC[C](C)O. The molecule has 23 heavy (non-hydrogen) atoms. The standard InChI is InChI=1S/C22H45O/c1-3-4-5-6-7-8-9-10-11-12-13-14-15-16-17-18-19-20-21-22(2)23/h23H,3-21H2,1-2H3. The highest BCUT2D eigenvalue weighted by Gasteiger charge is 1.97. The van der Waals surface area contributed by atoms with Crippen molar-refractivity contribution >= 4 is 0 Å². The first-order chi connectivity index (χ1) is 11.3. The summed E-state index contributed by atoms with van der Waals surface area (Å²) in [7, 11) is 0. The molecule has 0 aromatic heterocycles. The maximum absolute atomic E-state index is 9.10. The van der Waals surface area contributed by atoms with Crippen LogP contribution in [0.3, 0.4) is 0 Å². The van der Waals surface area contributed by atoms with Gasteiger partial charge in [0.25, 0.3) is 0 Å². The summed E-state index contributed by atoms with van der Waals surface area (Å²) in [5.41, 5.74) is 0. The van der Waals surface area contributed by atoms with Crippen LogP contribution in [-0.4, -0.2) is 5.11 Å². The number of hydrogen-bond acceptors (Lipinski definition) is 1. The molecular weight excluding hydrogens is 280 g/mol. The molecule has 1 heteroatoms. The summed E-state index contributed by atoms with van der Waals surface area (Å²) in [6.45, 7) is 4.10. The van der Waals surface area contributed by atoms with Crippen LogP contribution in [0.4, 0.5) is 0 Å². The number of unbranched alkanes of at least 4 members (excludes halogenated alkanes) is 17. The molecule has 0 heterocycles. The van der Waals surface area contributed by atoms with Crippen molar-refractivity contribution in [2.75, 3.05) is 0 Å². The zero-order chi connectivity index (χ0) is 17.0. The van der Waals surface area contributed by atoms with Crippen molar-refractivity contribution < 1.29 is 5.11 Å². The van der Waals surface area contributed by atoms with Gasteiger partial charge in [0.05, 0.1) is 6.10 Å². The quantitative estimate of drug-likeness (QED) is 0.237. The normalized spacial score (nSPS) is 11.5. The first kappa shape index (κ1) is 23.0. The monoisotopic (exact) mass is 325 g/mol. The van der Waals surface area contributed by atoms with E-state index in [2.05, 4.69) is 6.92 Å². The average Bonchev–Trinajstić information content (AvgIpc) is 2.53. The van der Waals surface area contributed by atoms with E-state index in [9.17, 15) is 0 Å². The lowest BCUT2D eigenvalue weighted by atomic mass is 10.0. The van der Waals surface area contributed by atoms with Gasteiger partial charge in [0.1, 0.15) is 0 Å². The largest absolute Gasteiger partial charge is 0.387 e. The number of aliphatic hydroxyl groups excluding tert-OH is 1. The topological polar surface area (TPSA) is 20.2 Å². The Bertz CT molecular complexity index is 200. The minimum Gasteiger partial charge on any atom is -0.387 e. The third-order valence-electron chi connectivity index (χ3n) is 4.89. The highest BCUT2D eigenvalue weighted by molar-refractivity contribution is 4.66. The average molecular weight is 326 g/mol. The van der Waals surface area contributed by atoms with Gasteiger partial charge in [-0.15, -0.1) is 0 Å². The van der Waals surface area contributed by atoms with Gasteiger partial charge >= 0.3 is 0 Å². The van der Waals surface area contributed by atoms with E-state index >= 15 is 0 Å². The Kier molecular flexibility index (Phi) is 20.0. The zero-order valence-electron chi connectivity index (χ0n) is 16.4. The molecule has 1 nitrogen and oxygen atoms in total. The minimum atomic E-state index is 0.599. The lowest BCUT2D eigenvalue weighted by Crippen LogP contribution is -1.88. The third-order valence-corrected chi connectivity index (χ3v) is 4.89. The smallest absolute Gasteiger partial charge is 0.0902 e. The molecule has 0 saturated carbocycles. The lowest BCUT2D eigenvalue weighted by molar-refractivity contribution is 0.290. The van der Waals surface area contributed by atoms with E-state index in [1.807, 2.05) is 6.92 Å². The molecule has 0 unspecified atom stereocenters. The number of rotatable bonds is 19. The van der Waals surface area contributed by atoms with Crippen LogP contribution in [0.15, 0.2) is 0 Å². The Hall–Kier alpha value is -0.0400. The van der Waals surface area contributed by atoms with Gasteiger partial charge in [-0.3, -0.25) is 0 Å². The second kappa shape index (κ2) is 20.0. The fraction of sp³-hybridized carbons (Fsp3) is 0.955. The Morgan fingerprint density at radius 1 is 0.478 bits per heavy atom. The van der Waals surface area contributed by atoms with E-state index in [-0.39, 0.29) is 0 Å². The van der Waals surface area contributed by atoms with E-state index in [4.69, 9.17) is 5.11 Å². The van der Waals surface area contributed by atoms with Crippen molar-refractivity contribution in [1.29, 1.82) is 0 Å². The highest BCUT2D eigenvalue weighted by Crippen LogP contribution is 2.15. The Labute approximate surface area is 147 Å². The van der Waals surface area contributed by atoms with E-state index in [1.165, 1.54) is 116 Å². The summed E-state index contributed by atoms with van der Waals surface area (Å²) in [5.74, 6) is 0. The Balaban J connectivity index is 2.95. The molecule has 0 aliphatic carbocycles. The third kappa shape index (κ3) is 22.0. The van der Waals surface area contributed by atoms with Gasteiger partial charge in [0.2, 0.25) is 0 Å². The van der Waals surface area contributed by atoms with Gasteiger partial charge in [-0.25, -0.2) is 0 Å². The molecule has 0 rings (SSSR count). The van der Waals surface area contributed by atoms with Gasteiger partial charge in [0, 0.05) is 0 Å². The summed E-state index contributed by atoms with van der Waals surface area (Å²) in [5, 5.41) is 9.10. The van der Waals surface area contributed by atoms with Crippen molar-refractivity contribution in [3.63, 3.8) is 0 Å². The Morgan fingerprint density at radius 2 is 0.739 bits per heavy atom. The van der Waals surface area contributed by atoms with Crippen LogP contribution in [0.25, 0.3) is 0 Å². The predicted molar refractivity (Wildman–Crippen MR) is 104 cm³/mol. The molecule has 0 bridgehead atoms. The predicted octanol–water partition coefficient (Wildman–Crippen LogP) is 8.34. The first-order valence-corrected chi connectivity index (χ1v) is 10.8. The molecule has 0 aliphatic heterocycles. The Morgan fingerprint density at radius 3 is 1.00 bits per heavy atom. The maximum Gasteiger partial charge on any atom is 0.0902 e. The fourth-order valence-corrected chi connectivity index (χ4v) is 3.28. The molecule has 1 radical (unpaired) electrons. The van der Waals surface area contributed by atoms with Gasteiger partial charge < -0.3 is 5.11 Å². The second-order valence-corrected chi connectivity index (χ2v) is 7.50. The van der Waals surface area contributed by atoms with Gasteiger partial charge in [-0.05, 0) is 13.3 Å². The fourth-order valence-electron chi connectivity index (χ4n) is 3.28. The molecule has 0 atom stereocenters. The maximum atomic E-state index is 9.10. The van der Waals surface area contributed by atoms with Crippen molar-refractivity contribution in [3.05, 3.63) is 6.10 Å². The molecule has 139 valence electrons. The molecule has 0 amide bonds. The molecular formula is C22H45O. The first-order valence-electron chi connectivity index (χ1n) is 10.8. The summed E-state index contributed by atoms with van der Waals surface area (Å²) < 4.78 is 0. The summed E-state index contributed by atoms with van der Waals surface area (Å²) in [6, 6.07) is 0. The van der Waals surface area contributed by atoms with E-state index in [0.29, 0.717) is 6.10 Å². The number of aliphatic hydroxyl groups is 1. The van der Waals surface area contributed by atoms with E-state index in [0.717, 1.165) is 6.42 Å². The molecule has 1 N–H and O–H groups in total. The van der Waals surface area contributed by atoms with E-state index in [1.54, 1.807) is 0 Å². The van der Waals surface area contributed by atoms with Gasteiger partial charge in [-0.1, -0.05) is 122 Å². The molecule has 0 aliphatic rings. The number of hydrogen-bond donors (Lipinski definition) is 1. The van der Waals surface area contributed by atoms with Crippen molar-refractivity contribution in [2.24, 2.45) is 0 Å². The van der Waals surface area contributed by atoms with Crippen LogP contribution in [-0.2, 0) is 0 Å². The molecule has 0 spiro atoms. The van der Waals surface area contributed by atoms with Crippen LogP contribution in [0.2, 0.25) is 0 Å². The lowest BCUT2D eigenvalue weighted by Gasteiger charge is -2.04. The molecule has 0 fully saturated rings. The minimum absolute atomic E-state index is 0.599. The van der Waals surface area contributed by atoms with Crippen LogP contribution < -0.4 is 0 Å². The molecule has 0 aromatic carbocycles. The van der Waals surface area contributed by atoms with Gasteiger partial charge in [0.15, 0.2) is 0 Å². The van der Waals surface area contributed by atoms with Crippen molar-refractivity contribution in [3.8, 4) is 0 Å². The van der Waals surface area contributed by atoms with Crippen LogP contribution in [0, 0.1) is 6.10 Å². The van der Waals surface area contributed by atoms with Crippen molar-refractivity contribution in [1.82, 2.24) is 0 Å². The zero-order valence-corrected chi connectivity index (χ0v) is 16.4. The van der Waals surface area contributed by atoms with Gasteiger partial charge in [-0.2, -0.15) is 0 Å². The second-order valence-electron chi connectivity index (χ2n) is 7.50.